The molecule has 0 aliphatic carbocycles. The molecule has 0 spiro atoms. The summed E-state index contributed by atoms with van der Waals surface area (Å²) in [6, 6.07) is 0. The first kappa shape index (κ1) is 7.02. The van der Waals surface area contributed by atoms with E-state index in [4.69, 9.17) is 6.42 Å². The number of thioether (sulfide) groups is 1. The van der Waals surface area contributed by atoms with E-state index in [1.165, 1.54) is 12.2 Å². The maximum absolute atomic E-state index is 5.35. The summed E-state index contributed by atoms with van der Waals surface area (Å²) in [5.41, 5.74) is 0. The Bertz CT molecular complexity index is 141. The molecule has 0 saturated carbocycles. The molecule has 1 fully saturated rings. The molecule has 0 amide bonds. The Kier molecular flexibility index (Phi) is 1.77. The summed E-state index contributed by atoms with van der Waals surface area (Å²) in [6.07, 6.45) is 6.55. The van der Waals surface area contributed by atoms with Crippen LogP contribution in [0.3, 0.4) is 0 Å². The molecule has 9 heavy (non-hydrogen) atoms. The molecule has 1 heteroatoms. The Labute approximate surface area is 61.4 Å². The van der Waals surface area contributed by atoms with Crippen molar-refractivity contribution in [2.75, 3.05) is 5.75 Å². The topological polar surface area (TPSA) is 0 Å². The fourth-order valence-electron chi connectivity index (χ4n) is 1.17. The first-order valence-corrected chi connectivity index (χ1v) is 4.25. The predicted molar refractivity (Wildman–Crippen MR) is 43.5 cm³/mol. The molecule has 0 nitrogen and oxygen atoms in total. The van der Waals surface area contributed by atoms with E-state index in [0.717, 1.165) is 0 Å². The Morgan fingerprint density at radius 2 is 2.33 bits per heavy atom. The Morgan fingerprint density at radius 3 is 2.56 bits per heavy atom. The van der Waals surface area contributed by atoms with Gasteiger partial charge < -0.3 is 0 Å². The third-order valence-corrected chi connectivity index (χ3v) is 3.39. The van der Waals surface area contributed by atoms with E-state index >= 15 is 0 Å². The van der Waals surface area contributed by atoms with Gasteiger partial charge in [0.15, 0.2) is 0 Å². The largest absolute Gasteiger partial charge is 0.154 e. The third kappa shape index (κ3) is 1.24. The third-order valence-electron chi connectivity index (χ3n) is 1.92. The summed E-state index contributed by atoms with van der Waals surface area (Å²) < 4.78 is 0.342. The molecule has 0 radical (unpaired) electrons. The van der Waals surface area contributed by atoms with Crippen molar-refractivity contribution in [1.29, 1.82) is 0 Å². The number of terminal acetylenes is 1. The van der Waals surface area contributed by atoms with Gasteiger partial charge in [0.25, 0.3) is 0 Å². The molecule has 1 aliphatic rings. The molecular weight excluding hydrogens is 128 g/mol. The van der Waals surface area contributed by atoms with Gasteiger partial charge in [-0.1, -0.05) is 0 Å². The molecule has 1 atom stereocenters. The van der Waals surface area contributed by atoms with Gasteiger partial charge in [0.2, 0.25) is 0 Å². The van der Waals surface area contributed by atoms with Gasteiger partial charge in [0.1, 0.15) is 0 Å². The normalized spacial score (nSPS) is 31.9. The average molecular weight is 140 g/mol. The highest BCUT2D eigenvalue weighted by Crippen LogP contribution is 2.41. The van der Waals surface area contributed by atoms with Gasteiger partial charge in [-0.3, -0.25) is 0 Å². The smallest absolute Gasteiger partial charge is 0.0349 e. The Hall–Kier alpha value is -0.0900. The van der Waals surface area contributed by atoms with Crippen molar-refractivity contribution < 1.29 is 0 Å². The Morgan fingerprint density at radius 1 is 1.67 bits per heavy atom. The van der Waals surface area contributed by atoms with E-state index in [0.29, 0.717) is 10.7 Å². The molecule has 0 aromatic carbocycles. The lowest BCUT2D eigenvalue weighted by Crippen LogP contribution is -2.19. The molecule has 0 aromatic heterocycles. The van der Waals surface area contributed by atoms with Crippen molar-refractivity contribution in [2.45, 2.75) is 25.0 Å². The molecule has 0 aromatic rings. The predicted octanol–water partition coefficient (Wildman–Crippen LogP) is 2.15. The van der Waals surface area contributed by atoms with Gasteiger partial charge >= 0.3 is 0 Å². The molecule has 0 N–H and O–H groups in total. The lowest BCUT2D eigenvalue weighted by Gasteiger charge is -2.20. The molecular formula is C8H12S. The van der Waals surface area contributed by atoms with Gasteiger partial charge in [0, 0.05) is 10.7 Å². The van der Waals surface area contributed by atoms with Crippen LogP contribution in [0, 0.1) is 18.3 Å². The lowest BCUT2D eigenvalue weighted by atomic mass is 9.94. The first-order valence-electron chi connectivity index (χ1n) is 3.27. The van der Waals surface area contributed by atoms with Gasteiger partial charge in [-0.2, -0.15) is 11.8 Å². The summed E-state index contributed by atoms with van der Waals surface area (Å²) in [5, 5.41) is 0. The fraction of sp³-hybridized carbons (Fsp3) is 0.750. The lowest BCUT2D eigenvalue weighted by molar-refractivity contribution is 0.546. The summed E-state index contributed by atoms with van der Waals surface area (Å²) in [5.74, 6) is 4.57. The van der Waals surface area contributed by atoms with Gasteiger partial charge in [-0.05, 0) is 26.0 Å². The van der Waals surface area contributed by atoms with E-state index in [-0.39, 0.29) is 0 Å². The van der Waals surface area contributed by atoms with E-state index < -0.39 is 0 Å². The van der Waals surface area contributed by atoms with E-state index in [2.05, 4.69) is 19.8 Å². The molecule has 1 aliphatic heterocycles. The highest BCUT2D eigenvalue weighted by atomic mass is 32.2. The van der Waals surface area contributed by atoms with Crippen molar-refractivity contribution in [1.82, 2.24) is 0 Å². The van der Waals surface area contributed by atoms with Crippen LogP contribution in [-0.4, -0.2) is 10.5 Å². The van der Waals surface area contributed by atoms with Crippen LogP contribution in [0.2, 0.25) is 0 Å². The van der Waals surface area contributed by atoms with Crippen molar-refractivity contribution in [3.8, 4) is 12.3 Å². The molecule has 1 heterocycles. The minimum absolute atomic E-state index is 0.342. The van der Waals surface area contributed by atoms with Crippen molar-refractivity contribution in [3.05, 3.63) is 0 Å². The highest BCUT2D eigenvalue weighted by molar-refractivity contribution is 8.00. The monoisotopic (exact) mass is 140 g/mol. The standard InChI is InChI=1S/C8H12S/c1-4-7-5-6-9-8(7,2)3/h1,7H,5-6H2,2-3H3. The summed E-state index contributed by atoms with van der Waals surface area (Å²) in [7, 11) is 0. The van der Waals surface area contributed by atoms with Gasteiger partial charge in [-0.25, -0.2) is 0 Å². The van der Waals surface area contributed by atoms with Crippen LogP contribution in [0.4, 0.5) is 0 Å². The summed E-state index contributed by atoms with van der Waals surface area (Å²) in [6.45, 7) is 4.46. The first-order chi connectivity index (χ1) is 4.17. The van der Waals surface area contributed by atoms with Gasteiger partial charge in [-0.15, -0.1) is 12.3 Å². The maximum atomic E-state index is 5.35. The average Bonchev–Trinajstić information content (AvgIpc) is 2.08. The van der Waals surface area contributed by atoms with Crippen molar-refractivity contribution in [3.63, 3.8) is 0 Å². The van der Waals surface area contributed by atoms with Crippen molar-refractivity contribution >= 4 is 11.8 Å². The van der Waals surface area contributed by atoms with Gasteiger partial charge in [0.05, 0.1) is 0 Å². The SMILES string of the molecule is C#CC1CCSC1(C)C. The van der Waals surface area contributed by atoms with Crippen molar-refractivity contribution in [2.24, 2.45) is 5.92 Å². The highest BCUT2D eigenvalue weighted by Gasteiger charge is 2.33. The van der Waals surface area contributed by atoms with Crippen LogP contribution in [-0.2, 0) is 0 Å². The quantitative estimate of drug-likeness (QED) is 0.465. The second-order valence-corrected chi connectivity index (χ2v) is 4.71. The van der Waals surface area contributed by atoms with E-state index in [1.807, 2.05) is 11.8 Å². The van der Waals surface area contributed by atoms with E-state index in [1.54, 1.807) is 0 Å². The van der Waals surface area contributed by atoms with Crippen LogP contribution < -0.4 is 0 Å². The molecule has 50 valence electrons. The number of hydrogen-bond acceptors (Lipinski definition) is 1. The molecule has 0 bridgehead atoms. The van der Waals surface area contributed by atoms with Crippen LogP contribution in [0.25, 0.3) is 0 Å². The van der Waals surface area contributed by atoms with Crippen LogP contribution >= 0.6 is 11.8 Å². The van der Waals surface area contributed by atoms with Crippen LogP contribution in [0.1, 0.15) is 20.3 Å². The molecule has 1 unspecified atom stereocenters. The zero-order valence-corrected chi connectivity index (χ0v) is 6.79. The summed E-state index contributed by atoms with van der Waals surface area (Å²) >= 11 is 1.99. The molecule has 1 saturated heterocycles. The Balaban J connectivity index is 2.65. The minimum atomic E-state index is 0.342. The number of hydrogen-bond donors (Lipinski definition) is 0. The minimum Gasteiger partial charge on any atom is -0.154 e. The molecule has 1 rings (SSSR count). The zero-order valence-electron chi connectivity index (χ0n) is 5.98. The van der Waals surface area contributed by atoms with E-state index in [9.17, 15) is 0 Å². The second kappa shape index (κ2) is 2.27. The van der Waals surface area contributed by atoms with Crippen LogP contribution in [0.15, 0.2) is 0 Å². The zero-order chi connectivity index (χ0) is 6.91. The van der Waals surface area contributed by atoms with Crippen LogP contribution in [0.5, 0.6) is 0 Å². The maximum Gasteiger partial charge on any atom is 0.0349 e. The summed E-state index contributed by atoms with van der Waals surface area (Å²) in [4.78, 5) is 0. The fourth-order valence-corrected chi connectivity index (χ4v) is 2.44. The number of rotatable bonds is 0. The second-order valence-electron chi connectivity index (χ2n) is 2.96.